The smallest absolute Gasteiger partial charge is 0.408 e. The van der Waals surface area contributed by atoms with Crippen LogP contribution in [0.15, 0.2) is 48.6 Å². The Morgan fingerprint density at radius 3 is 2.34 bits per heavy atom. The SMILES string of the molecule is CC[C@H]1OC(=O)[C@H](C)C(=O)[C@H](C)C(O[C@@H]2O[C@H](C)C[C@H](N(C)C)[C@H]2O)[C@](C)(OC(=O)NC/C(F)=C/c2ccc(-c3ncccn3)cc2)C[C@@H](C)C(=O)[C@H](C)[C@H]2NC(=S)O[C@@]21C. The second-order valence-electron chi connectivity index (χ2n) is 17.2. The first-order chi connectivity index (χ1) is 28.7. The second-order valence-corrected chi connectivity index (χ2v) is 17.6. The number of likely N-dealkylation sites (N-methyl/N-ethyl adjacent to an activating group) is 1. The normalized spacial score (nSPS) is 35.4. The summed E-state index contributed by atoms with van der Waals surface area (Å²) in [5.74, 6) is -6.09. The van der Waals surface area contributed by atoms with Gasteiger partial charge in [-0.05, 0) is 91.0 Å². The van der Waals surface area contributed by atoms with Gasteiger partial charge in [0.1, 0.15) is 41.4 Å². The number of benzene rings is 1. The molecule has 2 aromatic rings. The number of carbonyl (C=O) groups excluding carboxylic acids is 4. The standard InChI is InChI=1S/C44H60FN5O10S/c1-11-32-44(8)36(49-42(61)60-44)25(4)33(51)23(2)21-43(7,59-41(55)48-22-30(45)20-28-13-15-29(16-14-28)38-46-17-12-18-47-38)37(26(5)34(52)27(6)39(54)57-32)58-40-35(53)31(50(9)10)19-24(3)56-40/h12-18,20,23-27,31-32,35-37,40,53H,11,19,21-22H2,1-10H3,(H,48,55)(H,49,61)/b30-20-/t23-,24-,25+,26+,27-,31+,32-,35-,36-,37?,40+,43-,44-/m1/s1. The van der Waals surface area contributed by atoms with Crippen LogP contribution in [0, 0.1) is 23.7 Å². The first-order valence-corrected chi connectivity index (χ1v) is 21.2. The molecule has 3 N–H and O–H groups in total. The minimum atomic E-state index is -1.83. The number of alkyl carbamates (subject to hydrolysis) is 1. The van der Waals surface area contributed by atoms with Crippen molar-refractivity contribution in [3.05, 3.63) is 54.1 Å². The zero-order valence-corrected chi connectivity index (χ0v) is 37.4. The number of rotatable bonds is 9. The van der Waals surface area contributed by atoms with Gasteiger partial charge < -0.3 is 44.3 Å². The molecular weight excluding hydrogens is 810 g/mol. The number of aliphatic hydroxyl groups is 1. The third-order valence-corrected chi connectivity index (χ3v) is 12.4. The molecule has 1 amide bonds. The number of Topliss-reactive ketones (excluding diaryl/α,β-unsaturated/α-hetero) is 2. The number of hydrogen-bond donors (Lipinski definition) is 3. The molecule has 1 aromatic heterocycles. The molecule has 0 bridgehead atoms. The van der Waals surface area contributed by atoms with Crippen molar-refractivity contribution in [3.8, 4) is 11.4 Å². The van der Waals surface area contributed by atoms with Gasteiger partial charge in [-0.3, -0.25) is 14.4 Å². The number of halogens is 1. The van der Waals surface area contributed by atoms with Crippen molar-refractivity contribution in [2.75, 3.05) is 20.6 Å². The Bertz CT molecular complexity index is 1940. The maximum atomic E-state index is 15.4. The van der Waals surface area contributed by atoms with Crippen molar-refractivity contribution in [1.82, 2.24) is 25.5 Å². The minimum Gasteiger partial charge on any atom is -0.459 e. The van der Waals surface area contributed by atoms with E-state index >= 15 is 4.39 Å². The number of ketones is 2. The highest BCUT2D eigenvalue weighted by Gasteiger charge is 2.57. The molecule has 334 valence electrons. The Morgan fingerprint density at radius 2 is 1.72 bits per heavy atom. The van der Waals surface area contributed by atoms with Gasteiger partial charge in [0.2, 0.25) is 0 Å². The largest absolute Gasteiger partial charge is 0.459 e. The van der Waals surface area contributed by atoms with Crippen LogP contribution in [0.5, 0.6) is 0 Å². The highest BCUT2D eigenvalue weighted by Crippen LogP contribution is 2.40. The van der Waals surface area contributed by atoms with Crippen LogP contribution in [0.2, 0.25) is 0 Å². The summed E-state index contributed by atoms with van der Waals surface area (Å²) < 4.78 is 46.4. The lowest BCUT2D eigenvalue weighted by Crippen LogP contribution is -2.60. The third-order valence-electron chi connectivity index (χ3n) is 12.2. The summed E-state index contributed by atoms with van der Waals surface area (Å²) in [7, 11) is 3.62. The van der Waals surface area contributed by atoms with Gasteiger partial charge in [0.05, 0.1) is 18.7 Å². The Hall–Kier alpha value is -4.42. The van der Waals surface area contributed by atoms with E-state index < -0.39 is 102 Å². The summed E-state index contributed by atoms with van der Waals surface area (Å²) in [5, 5.41) is 17.2. The van der Waals surface area contributed by atoms with Gasteiger partial charge in [-0.25, -0.2) is 19.2 Å². The summed E-state index contributed by atoms with van der Waals surface area (Å²) in [6, 6.07) is 7.42. The topological polar surface area (TPSA) is 188 Å². The Morgan fingerprint density at radius 1 is 1.07 bits per heavy atom. The van der Waals surface area contributed by atoms with Crippen molar-refractivity contribution in [2.45, 2.75) is 129 Å². The molecule has 3 aliphatic heterocycles. The number of hydrogen-bond acceptors (Lipinski definition) is 14. The predicted octanol–water partition coefficient (Wildman–Crippen LogP) is 5.19. The van der Waals surface area contributed by atoms with Crippen molar-refractivity contribution in [3.63, 3.8) is 0 Å². The number of nitrogens with one attached hydrogen (secondary N) is 2. The van der Waals surface area contributed by atoms with Crippen LogP contribution < -0.4 is 10.6 Å². The van der Waals surface area contributed by atoms with E-state index in [0.29, 0.717) is 17.8 Å². The van der Waals surface area contributed by atoms with Crippen LogP contribution in [-0.2, 0) is 38.1 Å². The van der Waals surface area contributed by atoms with Crippen LogP contribution in [0.4, 0.5) is 9.18 Å². The van der Waals surface area contributed by atoms with Gasteiger partial charge in [-0.2, -0.15) is 0 Å². The zero-order chi connectivity index (χ0) is 45.0. The lowest BCUT2D eigenvalue weighted by molar-refractivity contribution is -0.292. The fraction of sp³-hybridized carbons (Fsp3) is 0.614. The van der Waals surface area contributed by atoms with Crippen LogP contribution in [0.3, 0.4) is 0 Å². The van der Waals surface area contributed by atoms with Gasteiger partial charge in [0.15, 0.2) is 23.5 Å². The number of carbonyl (C=O) groups is 4. The minimum absolute atomic E-state index is 0.0334. The van der Waals surface area contributed by atoms with Gasteiger partial charge in [0, 0.05) is 41.8 Å². The van der Waals surface area contributed by atoms with Crippen molar-refractivity contribution in [2.24, 2.45) is 23.7 Å². The van der Waals surface area contributed by atoms with Crippen molar-refractivity contribution >= 4 is 47.1 Å². The molecule has 0 aliphatic carbocycles. The maximum Gasteiger partial charge on any atom is 0.408 e. The molecule has 0 spiro atoms. The van der Waals surface area contributed by atoms with Crippen molar-refractivity contribution < 1.29 is 52.4 Å². The van der Waals surface area contributed by atoms with Gasteiger partial charge in [0.25, 0.3) is 5.17 Å². The van der Waals surface area contributed by atoms with E-state index in [4.69, 9.17) is 35.9 Å². The maximum absolute atomic E-state index is 15.4. The molecular formula is C44H60FN5O10S. The molecule has 15 nitrogen and oxygen atoms in total. The number of amides is 1. The number of aromatic nitrogens is 2. The van der Waals surface area contributed by atoms with E-state index in [-0.39, 0.29) is 29.9 Å². The molecule has 3 fully saturated rings. The Kier molecular flexibility index (Phi) is 15.4. The first kappa shape index (κ1) is 47.6. The highest BCUT2D eigenvalue weighted by molar-refractivity contribution is 7.80. The highest BCUT2D eigenvalue weighted by atomic mass is 32.1. The summed E-state index contributed by atoms with van der Waals surface area (Å²) in [5.41, 5.74) is -1.86. The molecule has 4 heterocycles. The summed E-state index contributed by atoms with van der Waals surface area (Å²) in [6.07, 6.45) is -1.24. The van der Waals surface area contributed by atoms with E-state index in [0.717, 1.165) is 5.56 Å². The number of ether oxygens (including phenoxy) is 5. The molecule has 1 aromatic carbocycles. The van der Waals surface area contributed by atoms with Crippen LogP contribution in [0.1, 0.15) is 80.2 Å². The lowest BCUT2D eigenvalue weighted by atomic mass is 9.73. The van der Waals surface area contributed by atoms with Gasteiger partial charge in [-0.1, -0.05) is 52.0 Å². The molecule has 1 unspecified atom stereocenters. The van der Waals surface area contributed by atoms with Gasteiger partial charge >= 0.3 is 12.1 Å². The zero-order valence-electron chi connectivity index (χ0n) is 36.5. The molecule has 0 saturated carbocycles. The van der Waals surface area contributed by atoms with E-state index in [2.05, 4.69) is 20.6 Å². The number of nitrogens with zero attached hydrogens (tertiary/aromatic N) is 3. The molecule has 13 atom stereocenters. The van der Waals surface area contributed by atoms with Crippen LogP contribution in [0.25, 0.3) is 17.5 Å². The van der Waals surface area contributed by atoms with E-state index in [1.54, 1.807) is 70.4 Å². The Balaban J connectivity index is 1.50. The first-order valence-electron chi connectivity index (χ1n) is 20.8. The second kappa shape index (κ2) is 19.7. The number of esters is 1. The predicted molar refractivity (Wildman–Crippen MR) is 227 cm³/mol. The van der Waals surface area contributed by atoms with Gasteiger partial charge in [-0.15, -0.1) is 0 Å². The summed E-state index contributed by atoms with van der Waals surface area (Å²) in [4.78, 5) is 66.9. The molecule has 61 heavy (non-hydrogen) atoms. The molecule has 17 heteroatoms. The van der Waals surface area contributed by atoms with Crippen molar-refractivity contribution in [1.29, 1.82) is 0 Å². The molecule has 3 aliphatic rings. The number of thiocarbonyl (C=S) groups is 1. The summed E-state index contributed by atoms with van der Waals surface area (Å²) in [6.45, 7) is 12.6. The molecule has 5 rings (SSSR count). The average Bonchev–Trinajstić information content (AvgIpc) is 3.54. The fourth-order valence-electron chi connectivity index (χ4n) is 8.90. The average molecular weight is 870 g/mol. The third kappa shape index (κ3) is 10.8. The molecule has 0 radical (unpaired) electrons. The van der Waals surface area contributed by atoms with E-state index in [9.17, 15) is 24.3 Å². The monoisotopic (exact) mass is 869 g/mol. The quantitative estimate of drug-likeness (QED) is 0.170. The van der Waals surface area contributed by atoms with E-state index in [1.807, 2.05) is 25.9 Å². The fourth-order valence-corrected chi connectivity index (χ4v) is 9.20. The van der Waals surface area contributed by atoms with E-state index in [1.165, 1.54) is 26.8 Å². The van der Waals surface area contributed by atoms with Crippen LogP contribution >= 0.6 is 12.2 Å². The van der Waals surface area contributed by atoms with Crippen LogP contribution in [-0.4, -0.2) is 123 Å². The summed E-state index contributed by atoms with van der Waals surface area (Å²) >= 11 is 5.40. The number of fused-ring (bicyclic) bond motifs is 1. The number of aliphatic hydroxyl groups excluding tert-OH is 1. The number of cyclic esters (lactones) is 1. The Labute approximate surface area is 362 Å². The lowest BCUT2D eigenvalue weighted by Gasteiger charge is -2.47. The molecule has 3 saturated heterocycles.